The monoisotopic (exact) mass is 392 g/mol. The number of pyridine rings is 1. The van der Waals surface area contributed by atoms with E-state index in [-0.39, 0.29) is 6.54 Å². The number of alkyl carbamates (subject to hydrolysis) is 1. The summed E-state index contributed by atoms with van der Waals surface area (Å²) in [5.41, 5.74) is -1.18. The van der Waals surface area contributed by atoms with Crippen molar-refractivity contribution in [3.63, 3.8) is 0 Å². The van der Waals surface area contributed by atoms with Crippen molar-refractivity contribution in [2.24, 2.45) is 0 Å². The molecule has 0 aromatic carbocycles. The average Bonchev–Trinajstić information content (AvgIpc) is 2.73. The Bertz CT molecular complexity index is 806. The Kier molecular flexibility index (Phi) is 6.01. The number of ether oxygens (including phenoxy) is 1. The first-order valence-electron chi connectivity index (χ1n) is 9.15. The van der Waals surface area contributed by atoms with E-state index in [1.807, 2.05) is 27.7 Å². The summed E-state index contributed by atoms with van der Waals surface area (Å²) in [7, 11) is -0.714. The number of aromatic hydroxyl groups is 1. The molecule has 154 valence electrons. The number of aromatic amines is 1. The molecule has 1 amide bonds. The van der Waals surface area contributed by atoms with Crippen LogP contribution >= 0.6 is 0 Å². The Morgan fingerprint density at radius 1 is 1.29 bits per heavy atom. The van der Waals surface area contributed by atoms with E-state index in [0.717, 1.165) is 0 Å². The molecule has 0 aliphatic carbocycles. The van der Waals surface area contributed by atoms with Gasteiger partial charge in [0.2, 0.25) is 0 Å². The quantitative estimate of drug-likeness (QED) is 0.680. The standard InChI is InChI=1S/C19H29BN2O6/c1-17(2,3)26-16(25)22-11-13(8-12-9-14(23)15(24)21-10-12)20-27-18(4,5)19(6,7)28-20/h8-10,23H,11H2,1-7H3,(H,21,24)(H,22,25). The third-order valence-corrected chi connectivity index (χ3v) is 4.65. The lowest BCUT2D eigenvalue weighted by molar-refractivity contribution is 0.00578. The highest BCUT2D eigenvalue weighted by atomic mass is 16.7. The second-order valence-electron chi connectivity index (χ2n) is 8.81. The van der Waals surface area contributed by atoms with Crippen LogP contribution in [-0.2, 0) is 14.0 Å². The van der Waals surface area contributed by atoms with Crippen LogP contribution in [0.5, 0.6) is 5.75 Å². The van der Waals surface area contributed by atoms with Crippen LogP contribution in [0.3, 0.4) is 0 Å². The van der Waals surface area contributed by atoms with Gasteiger partial charge >= 0.3 is 13.2 Å². The van der Waals surface area contributed by atoms with Gasteiger partial charge in [-0.2, -0.15) is 0 Å². The fourth-order valence-corrected chi connectivity index (χ4v) is 2.47. The molecular formula is C19H29BN2O6. The Morgan fingerprint density at radius 3 is 2.36 bits per heavy atom. The number of hydrogen-bond acceptors (Lipinski definition) is 6. The van der Waals surface area contributed by atoms with Crippen molar-refractivity contribution >= 4 is 19.3 Å². The molecule has 0 unspecified atom stereocenters. The van der Waals surface area contributed by atoms with Gasteiger partial charge in [-0.25, -0.2) is 4.79 Å². The Balaban J connectivity index is 2.28. The Hall–Kier alpha value is -2.26. The minimum atomic E-state index is -0.714. The van der Waals surface area contributed by atoms with Gasteiger partial charge in [-0.3, -0.25) is 4.79 Å². The lowest BCUT2D eigenvalue weighted by Crippen LogP contribution is -2.41. The molecule has 8 nitrogen and oxygen atoms in total. The first kappa shape index (κ1) is 22.0. The summed E-state index contributed by atoms with van der Waals surface area (Å²) in [6.45, 7) is 13.2. The van der Waals surface area contributed by atoms with Crippen LogP contribution in [0, 0.1) is 0 Å². The Morgan fingerprint density at radius 2 is 1.86 bits per heavy atom. The van der Waals surface area contributed by atoms with Crippen molar-refractivity contribution in [3.8, 4) is 5.75 Å². The molecule has 0 radical (unpaired) electrons. The van der Waals surface area contributed by atoms with Crippen molar-refractivity contribution in [1.29, 1.82) is 0 Å². The smallest absolute Gasteiger partial charge is 0.492 e. The SMILES string of the molecule is CC(C)(C)OC(=O)NCC(=Cc1c[nH]c(=O)c(O)c1)B1OC(C)(C)C(C)(C)O1. The van der Waals surface area contributed by atoms with E-state index < -0.39 is 41.3 Å². The highest BCUT2D eigenvalue weighted by Crippen LogP contribution is 2.38. The highest BCUT2D eigenvalue weighted by Gasteiger charge is 2.52. The van der Waals surface area contributed by atoms with E-state index in [2.05, 4.69) is 10.3 Å². The summed E-state index contributed by atoms with van der Waals surface area (Å²) in [5, 5.41) is 12.4. The highest BCUT2D eigenvalue weighted by molar-refractivity contribution is 6.56. The predicted molar refractivity (Wildman–Crippen MR) is 107 cm³/mol. The number of hydrogen-bond donors (Lipinski definition) is 3. The number of carbonyl (C=O) groups is 1. The summed E-state index contributed by atoms with van der Waals surface area (Å²) < 4.78 is 17.4. The first-order valence-corrected chi connectivity index (χ1v) is 9.15. The lowest BCUT2D eigenvalue weighted by Gasteiger charge is -2.32. The van der Waals surface area contributed by atoms with E-state index in [0.29, 0.717) is 11.0 Å². The molecule has 0 spiro atoms. The molecule has 28 heavy (non-hydrogen) atoms. The molecule has 0 bridgehead atoms. The maximum absolute atomic E-state index is 12.1. The van der Waals surface area contributed by atoms with Gasteiger partial charge in [-0.1, -0.05) is 6.08 Å². The lowest BCUT2D eigenvalue weighted by atomic mass is 9.77. The van der Waals surface area contributed by atoms with Crippen LogP contribution in [0.15, 0.2) is 22.5 Å². The van der Waals surface area contributed by atoms with Crippen LogP contribution in [0.25, 0.3) is 6.08 Å². The van der Waals surface area contributed by atoms with Crippen molar-refractivity contribution < 1.29 is 23.9 Å². The van der Waals surface area contributed by atoms with Gasteiger partial charge in [0.25, 0.3) is 5.56 Å². The van der Waals surface area contributed by atoms with Crippen LogP contribution in [0.4, 0.5) is 4.79 Å². The Labute approximate surface area is 165 Å². The average molecular weight is 392 g/mol. The van der Waals surface area contributed by atoms with Gasteiger partial charge in [0.05, 0.1) is 11.2 Å². The number of nitrogens with one attached hydrogen (secondary N) is 2. The van der Waals surface area contributed by atoms with E-state index in [4.69, 9.17) is 14.0 Å². The van der Waals surface area contributed by atoms with Gasteiger partial charge < -0.3 is 29.5 Å². The van der Waals surface area contributed by atoms with Crippen molar-refractivity contribution in [3.05, 3.63) is 33.7 Å². The van der Waals surface area contributed by atoms with Gasteiger partial charge in [-0.05, 0) is 65.6 Å². The molecule has 1 aromatic heterocycles. The van der Waals surface area contributed by atoms with Crippen molar-refractivity contribution in [1.82, 2.24) is 10.3 Å². The third-order valence-electron chi connectivity index (χ3n) is 4.65. The molecule has 3 N–H and O–H groups in total. The van der Waals surface area contributed by atoms with E-state index in [1.165, 1.54) is 12.3 Å². The summed E-state index contributed by atoms with van der Waals surface area (Å²) in [6.07, 6.45) is 2.58. The maximum Gasteiger partial charge on any atom is 0.492 e. The van der Waals surface area contributed by atoms with Crippen LogP contribution in [0.1, 0.15) is 54.0 Å². The summed E-state index contributed by atoms with van der Waals surface area (Å²) in [4.78, 5) is 25.9. The minimum absolute atomic E-state index is 0.103. The van der Waals surface area contributed by atoms with Gasteiger partial charge in [-0.15, -0.1) is 0 Å². The number of rotatable bonds is 4. The number of amides is 1. The van der Waals surface area contributed by atoms with E-state index in [9.17, 15) is 14.7 Å². The fourth-order valence-electron chi connectivity index (χ4n) is 2.47. The molecule has 9 heteroatoms. The zero-order valence-electron chi connectivity index (χ0n) is 17.5. The molecule has 0 saturated carbocycles. The molecule has 1 saturated heterocycles. The number of carbonyl (C=O) groups excluding carboxylic acids is 1. The summed E-state index contributed by atoms with van der Waals surface area (Å²) in [5.74, 6) is -0.401. The molecule has 2 heterocycles. The van der Waals surface area contributed by atoms with Crippen molar-refractivity contribution in [2.45, 2.75) is 65.3 Å². The van der Waals surface area contributed by atoms with E-state index >= 15 is 0 Å². The normalized spacial score (nSPS) is 18.8. The molecule has 0 atom stereocenters. The number of H-pyrrole nitrogens is 1. The summed E-state index contributed by atoms with van der Waals surface area (Å²) in [6, 6.07) is 1.33. The molecule has 2 rings (SSSR count). The van der Waals surface area contributed by atoms with Crippen LogP contribution in [0.2, 0.25) is 0 Å². The maximum atomic E-state index is 12.1. The second kappa shape index (κ2) is 7.64. The minimum Gasteiger partial charge on any atom is -0.503 e. The molecule has 1 aliphatic rings. The molecule has 1 aromatic rings. The van der Waals surface area contributed by atoms with Crippen molar-refractivity contribution in [2.75, 3.05) is 6.54 Å². The zero-order valence-corrected chi connectivity index (χ0v) is 17.5. The second-order valence-corrected chi connectivity index (χ2v) is 8.81. The molecular weight excluding hydrogens is 363 g/mol. The topological polar surface area (TPSA) is 110 Å². The largest absolute Gasteiger partial charge is 0.503 e. The van der Waals surface area contributed by atoms with Gasteiger partial charge in [0, 0.05) is 12.7 Å². The fraction of sp³-hybridized carbons (Fsp3) is 0.579. The van der Waals surface area contributed by atoms with Crippen LogP contribution in [-0.4, -0.2) is 46.7 Å². The number of aromatic nitrogens is 1. The summed E-state index contributed by atoms with van der Waals surface area (Å²) >= 11 is 0. The molecule has 1 aliphatic heterocycles. The predicted octanol–water partition coefficient (Wildman–Crippen LogP) is 2.62. The third kappa shape index (κ3) is 5.39. The van der Waals surface area contributed by atoms with Gasteiger partial charge in [0.15, 0.2) is 5.75 Å². The van der Waals surface area contributed by atoms with Gasteiger partial charge in [0.1, 0.15) is 5.60 Å². The van der Waals surface area contributed by atoms with E-state index in [1.54, 1.807) is 26.8 Å². The zero-order chi connectivity index (χ0) is 21.3. The molecule has 1 fully saturated rings. The first-order chi connectivity index (χ1) is 12.7. The van der Waals surface area contributed by atoms with Crippen LogP contribution < -0.4 is 10.9 Å².